The number of carbonyl (C=O) groups excluding carboxylic acids is 2. The average Bonchev–Trinajstić information content (AvgIpc) is 2.83. The van der Waals surface area contributed by atoms with Gasteiger partial charge in [-0.3, -0.25) is 9.59 Å². The van der Waals surface area contributed by atoms with Crippen molar-refractivity contribution in [3.63, 3.8) is 0 Å². The van der Waals surface area contributed by atoms with Gasteiger partial charge in [0, 0.05) is 6.04 Å². The van der Waals surface area contributed by atoms with Crippen LogP contribution in [-0.4, -0.2) is 51.0 Å². The summed E-state index contributed by atoms with van der Waals surface area (Å²) in [5, 5.41) is 14.2. The van der Waals surface area contributed by atoms with Crippen LogP contribution in [0.3, 0.4) is 0 Å². The first kappa shape index (κ1) is 16.4. The van der Waals surface area contributed by atoms with E-state index in [4.69, 9.17) is 0 Å². The van der Waals surface area contributed by atoms with Crippen molar-refractivity contribution in [1.82, 2.24) is 25.5 Å². The van der Waals surface area contributed by atoms with Gasteiger partial charge in [-0.15, -0.1) is 5.10 Å². The van der Waals surface area contributed by atoms with Crippen molar-refractivity contribution in [3.05, 3.63) is 0 Å². The van der Waals surface area contributed by atoms with Crippen LogP contribution in [-0.2, 0) is 20.9 Å². The second kappa shape index (κ2) is 8.51. The first-order valence-electron chi connectivity index (χ1n) is 6.32. The molecule has 0 aliphatic carbocycles. The summed E-state index contributed by atoms with van der Waals surface area (Å²) in [4.78, 5) is 22.9. The molecule has 112 valence electrons. The average molecular weight is 301 g/mol. The SMILES string of the molecule is CCCC(C)NC(=O)CSc1nnnn1CC(=O)OC. The van der Waals surface area contributed by atoms with Gasteiger partial charge >= 0.3 is 5.97 Å². The summed E-state index contributed by atoms with van der Waals surface area (Å²) in [5.74, 6) is -0.320. The summed E-state index contributed by atoms with van der Waals surface area (Å²) in [7, 11) is 1.29. The van der Waals surface area contributed by atoms with Crippen molar-refractivity contribution in [2.75, 3.05) is 12.9 Å². The molecular formula is C11H19N5O3S. The van der Waals surface area contributed by atoms with Crippen LogP contribution < -0.4 is 5.32 Å². The lowest BCUT2D eigenvalue weighted by atomic mass is 10.2. The number of hydrogen-bond donors (Lipinski definition) is 1. The summed E-state index contributed by atoms with van der Waals surface area (Å²) in [5.41, 5.74) is 0. The molecule has 0 aromatic carbocycles. The maximum Gasteiger partial charge on any atom is 0.327 e. The molecule has 0 fully saturated rings. The van der Waals surface area contributed by atoms with E-state index in [0.29, 0.717) is 5.16 Å². The zero-order valence-electron chi connectivity index (χ0n) is 11.8. The maximum absolute atomic E-state index is 11.7. The van der Waals surface area contributed by atoms with E-state index in [9.17, 15) is 9.59 Å². The van der Waals surface area contributed by atoms with Crippen LogP contribution in [0, 0.1) is 0 Å². The van der Waals surface area contributed by atoms with Gasteiger partial charge < -0.3 is 10.1 Å². The lowest BCUT2D eigenvalue weighted by Gasteiger charge is -2.12. The van der Waals surface area contributed by atoms with Gasteiger partial charge in [0.15, 0.2) is 0 Å². The van der Waals surface area contributed by atoms with E-state index < -0.39 is 5.97 Å². The highest BCUT2D eigenvalue weighted by Crippen LogP contribution is 2.13. The van der Waals surface area contributed by atoms with Crippen LogP contribution in [0.2, 0.25) is 0 Å². The van der Waals surface area contributed by atoms with Crippen LogP contribution in [0.15, 0.2) is 5.16 Å². The van der Waals surface area contributed by atoms with E-state index in [0.717, 1.165) is 12.8 Å². The second-order valence-electron chi connectivity index (χ2n) is 4.24. The molecule has 0 saturated heterocycles. The van der Waals surface area contributed by atoms with Crippen molar-refractivity contribution in [2.45, 2.75) is 44.4 Å². The van der Waals surface area contributed by atoms with Crippen molar-refractivity contribution >= 4 is 23.6 Å². The topological polar surface area (TPSA) is 99.0 Å². The number of rotatable bonds is 8. The van der Waals surface area contributed by atoms with Crippen molar-refractivity contribution in [1.29, 1.82) is 0 Å². The summed E-state index contributed by atoms with van der Waals surface area (Å²) in [6.45, 7) is 3.96. The number of tetrazole rings is 1. The molecular weight excluding hydrogens is 282 g/mol. The van der Waals surface area contributed by atoms with Gasteiger partial charge in [-0.1, -0.05) is 25.1 Å². The molecule has 0 radical (unpaired) electrons. The Kier molecular flexibility index (Phi) is 6.99. The number of carbonyl (C=O) groups is 2. The third kappa shape index (κ3) is 5.55. The highest BCUT2D eigenvalue weighted by molar-refractivity contribution is 7.99. The molecule has 1 aromatic heterocycles. The first-order valence-corrected chi connectivity index (χ1v) is 7.30. The number of methoxy groups -OCH3 is 1. The van der Waals surface area contributed by atoms with Gasteiger partial charge in [0.05, 0.1) is 12.9 Å². The number of ether oxygens (including phenoxy) is 1. The molecule has 8 nitrogen and oxygen atoms in total. The van der Waals surface area contributed by atoms with Crippen LogP contribution >= 0.6 is 11.8 Å². The molecule has 1 heterocycles. The molecule has 9 heteroatoms. The maximum atomic E-state index is 11.7. The standard InChI is InChI=1S/C11H19N5O3S/c1-4-5-8(2)12-9(17)7-20-11-13-14-15-16(11)6-10(18)19-3/h8H,4-7H2,1-3H3,(H,12,17). The highest BCUT2D eigenvalue weighted by Gasteiger charge is 2.13. The summed E-state index contributed by atoms with van der Waals surface area (Å²) in [6.07, 6.45) is 1.96. The molecule has 1 rings (SSSR count). The lowest BCUT2D eigenvalue weighted by Crippen LogP contribution is -2.33. The predicted octanol–water partition coefficient (Wildman–Crippen LogP) is 0.243. The third-order valence-corrected chi connectivity index (χ3v) is 3.42. The van der Waals surface area contributed by atoms with Gasteiger partial charge in [-0.05, 0) is 23.8 Å². The minimum Gasteiger partial charge on any atom is -0.468 e. The first-order chi connectivity index (χ1) is 9.56. The Balaban J connectivity index is 2.43. The van der Waals surface area contributed by atoms with E-state index in [1.807, 2.05) is 6.92 Å². The van der Waals surface area contributed by atoms with Gasteiger partial charge in [0.2, 0.25) is 11.1 Å². The van der Waals surface area contributed by atoms with Crippen LogP contribution in [0.5, 0.6) is 0 Å². The van der Waals surface area contributed by atoms with E-state index in [1.54, 1.807) is 0 Å². The molecule has 1 amide bonds. The van der Waals surface area contributed by atoms with Crippen LogP contribution in [0.1, 0.15) is 26.7 Å². The Hall–Kier alpha value is -1.64. The molecule has 20 heavy (non-hydrogen) atoms. The molecule has 0 bridgehead atoms. The van der Waals surface area contributed by atoms with Crippen molar-refractivity contribution in [2.24, 2.45) is 0 Å². The van der Waals surface area contributed by atoms with Gasteiger partial charge in [-0.25, -0.2) is 4.68 Å². The normalized spacial score (nSPS) is 11.9. The molecule has 0 aliphatic heterocycles. The second-order valence-corrected chi connectivity index (χ2v) is 5.18. The molecule has 1 N–H and O–H groups in total. The number of hydrogen-bond acceptors (Lipinski definition) is 7. The number of thioether (sulfide) groups is 1. The Morgan fingerprint density at radius 1 is 1.50 bits per heavy atom. The zero-order chi connectivity index (χ0) is 15.0. The Morgan fingerprint density at radius 2 is 2.25 bits per heavy atom. The van der Waals surface area contributed by atoms with E-state index in [1.165, 1.54) is 23.6 Å². The van der Waals surface area contributed by atoms with Crippen molar-refractivity contribution < 1.29 is 14.3 Å². The minimum atomic E-state index is -0.444. The molecule has 1 atom stereocenters. The predicted molar refractivity (Wildman–Crippen MR) is 73.1 cm³/mol. The third-order valence-electron chi connectivity index (χ3n) is 2.47. The fourth-order valence-electron chi connectivity index (χ4n) is 1.54. The van der Waals surface area contributed by atoms with Gasteiger partial charge in [-0.2, -0.15) is 0 Å². The minimum absolute atomic E-state index is 0.0698. The Labute approximate surface area is 121 Å². The Morgan fingerprint density at radius 3 is 2.90 bits per heavy atom. The van der Waals surface area contributed by atoms with Crippen LogP contribution in [0.4, 0.5) is 0 Å². The monoisotopic (exact) mass is 301 g/mol. The molecule has 0 aliphatic rings. The molecule has 0 saturated carbocycles. The number of nitrogens with one attached hydrogen (secondary N) is 1. The summed E-state index contributed by atoms with van der Waals surface area (Å²) in [6, 6.07) is 0.152. The summed E-state index contributed by atoms with van der Waals surface area (Å²) < 4.78 is 5.84. The number of nitrogens with zero attached hydrogens (tertiary/aromatic N) is 4. The molecule has 1 unspecified atom stereocenters. The van der Waals surface area contributed by atoms with Crippen molar-refractivity contribution in [3.8, 4) is 0 Å². The Bertz CT molecular complexity index is 451. The quantitative estimate of drug-likeness (QED) is 0.542. The van der Waals surface area contributed by atoms with E-state index >= 15 is 0 Å². The number of amides is 1. The fraction of sp³-hybridized carbons (Fsp3) is 0.727. The summed E-state index contributed by atoms with van der Waals surface area (Å²) >= 11 is 1.18. The largest absolute Gasteiger partial charge is 0.468 e. The van der Waals surface area contributed by atoms with E-state index in [-0.39, 0.29) is 24.2 Å². The number of esters is 1. The number of aromatic nitrogens is 4. The lowest BCUT2D eigenvalue weighted by molar-refractivity contribution is -0.141. The fourth-order valence-corrected chi connectivity index (χ4v) is 2.23. The highest BCUT2D eigenvalue weighted by atomic mass is 32.2. The van der Waals surface area contributed by atoms with Gasteiger partial charge in [0.25, 0.3) is 0 Å². The smallest absolute Gasteiger partial charge is 0.327 e. The van der Waals surface area contributed by atoms with E-state index in [2.05, 4.69) is 32.5 Å². The van der Waals surface area contributed by atoms with Gasteiger partial charge in [0.1, 0.15) is 6.54 Å². The molecule has 1 aromatic rings. The van der Waals surface area contributed by atoms with Crippen LogP contribution in [0.25, 0.3) is 0 Å². The zero-order valence-corrected chi connectivity index (χ0v) is 12.6. The molecule has 0 spiro atoms.